The van der Waals surface area contributed by atoms with E-state index in [-0.39, 0.29) is 11.6 Å². The Morgan fingerprint density at radius 3 is 3.17 bits per heavy atom. The summed E-state index contributed by atoms with van der Waals surface area (Å²) >= 11 is 5.60. The predicted molar refractivity (Wildman–Crippen MR) is 45.4 cm³/mol. The molecule has 0 atom stereocenters. The zero-order valence-electron chi connectivity index (χ0n) is 6.17. The van der Waals surface area contributed by atoms with E-state index in [0.717, 1.165) is 0 Å². The number of nitrogens with one attached hydrogen (secondary N) is 2. The fraction of sp³-hybridized carbons (Fsp3) is 0.333. The van der Waals surface area contributed by atoms with Crippen LogP contribution in [0.4, 0.5) is 5.69 Å². The number of aromatic nitrogens is 2. The molecule has 0 fully saturated rings. The Labute approximate surface area is 73.4 Å². The van der Waals surface area contributed by atoms with Crippen LogP contribution in [0.1, 0.15) is 0 Å². The lowest BCUT2D eigenvalue weighted by Gasteiger charge is -2.03. The summed E-state index contributed by atoms with van der Waals surface area (Å²) in [6, 6.07) is 0. The molecule has 0 aliphatic heterocycles. The number of rotatable bonds is 3. The third-order valence-electron chi connectivity index (χ3n) is 1.22. The maximum absolute atomic E-state index is 10.9. The van der Waals surface area contributed by atoms with E-state index in [4.69, 9.17) is 16.7 Å². The highest BCUT2D eigenvalue weighted by molar-refractivity contribution is 6.32. The number of anilines is 1. The molecule has 0 aliphatic carbocycles. The van der Waals surface area contributed by atoms with Crippen LogP contribution in [0, 0.1) is 0 Å². The molecule has 0 spiro atoms. The number of H-pyrrole nitrogens is 1. The van der Waals surface area contributed by atoms with Crippen molar-refractivity contribution in [3.05, 3.63) is 21.6 Å². The maximum Gasteiger partial charge on any atom is 0.285 e. The molecule has 3 N–H and O–H groups in total. The third-order valence-corrected chi connectivity index (χ3v) is 1.60. The molecule has 1 aromatic rings. The highest BCUT2D eigenvalue weighted by Crippen LogP contribution is 2.13. The Morgan fingerprint density at radius 1 is 1.75 bits per heavy atom. The minimum Gasteiger partial charge on any atom is -0.395 e. The van der Waals surface area contributed by atoms with Crippen molar-refractivity contribution in [2.24, 2.45) is 0 Å². The van der Waals surface area contributed by atoms with E-state index in [0.29, 0.717) is 12.2 Å². The molecular weight excluding hydrogens is 182 g/mol. The van der Waals surface area contributed by atoms with Gasteiger partial charge in [0.15, 0.2) is 0 Å². The molecule has 12 heavy (non-hydrogen) atoms. The lowest BCUT2D eigenvalue weighted by Crippen LogP contribution is -2.13. The molecule has 0 saturated heterocycles. The van der Waals surface area contributed by atoms with Crippen molar-refractivity contribution in [2.45, 2.75) is 0 Å². The minimum absolute atomic E-state index is 0.0247. The van der Waals surface area contributed by atoms with E-state index < -0.39 is 5.56 Å². The first-order valence-corrected chi connectivity index (χ1v) is 3.71. The molecule has 0 aliphatic rings. The fourth-order valence-electron chi connectivity index (χ4n) is 0.697. The predicted octanol–water partition coefficient (Wildman–Crippen LogP) is -0.173. The SMILES string of the molecule is O=c1[nH]ncc(NCCO)c1Cl. The van der Waals surface area contributed by atoms with Crippen molar-refractivity contribution in [3.63, 3.8) is 0 Å². The van der Waals surface area contributed by atoms with Gasteiger partial charge >= 0.3 is 0 Å². The zero-order valence-corrected chi connectivity index (χ0v) is 6.93. The summed E-state index contributed by atoms with van der Waals surface area (Å²) in [5.74, 6) is 0. The minimum atomic E-state index is -0.445. The van der Waals surface area contributed by atoms with Gasteiger partial charge in [-0.25, -0.2) is 5.10 Å². The first-order valence-electron chi connectivity index (χ1n) is 3.33. The van der Waals surface area contributed by atoms with Crippen LogP contribution in [-0.4, -0.2) is 28.5 Å². The topological polar surface area (TPSA) is 78.0 Å². The van der Waals surface area contributed by atoms with E-state index in [1.165, 1.54) is 6.20 Å². The number of aliphatic hydroxyl groups is 1. The highest BCUT2D eigenvalue weighted by atomic mass is 35.5. The number of halogens is 1. The lowest BCUT2D eigenvalue weighted by atomic mass is 10.4. The maximum atomic E-state index is 10.9. The molecule has 5 nitrogen and oxygen atoms in total. The second-order valence-corrected chi connectivity index (χ2v) is 2.46. The van der Waals surface area contributed by atoms with Gasteiger partial charge in [0.2, 0.25) is 0 Å². The normalized spacial score (nSPS) is 9.83. The van der Waals surface area contributed by atoms with Crippen LogP contribution in [0.25, 0.3) is 0 Å². The molecule has 1 heterocycles. The van der Waals surface area contributed by atoms with Crippen molar-refractivity contribution in [2.75, 3.05) is 18.5 Å². The standard InChI is InChI=1S/C6H8ClN3O2/c7-5-4(8-1-2-11)3-9-10-6(5)12/h3,11H,1-2H2,(H2,8,10,12). The van der Waals surface area contributed by atoms with Gasteiger partial charge in [-0.2, -0.15) is 5.10 Å². The molecule has 0 unspecified atom stereocenters. The second-order valence-electron chi connectivity index (χ2n) is 2.08. The Bertz CT molecular complexity index is 312. The van der Waals surface area contributed by atoms with E-state index in [1.54, 1.807) is 0 Å². The summed E-state index contributed by atoms with van der Waals surface area (Å²) in [6.45, 7) is 0.313. The zero-order chi connectivity index (χ0) is 8.97. The van der Waals surface area contributed by atoms with E-state index >= 15 is 0 Å². The number of aliphatic hydroxyl groups excluding tert-OH is 1. The summed E-state index contributed by atoms with van der Waals surface area (Å²) in [4.78, 5) is 10.9. The van der Waals surface area contributed by atoms with Crippen molar-refractivity contribution < 1.29 is 5.11 Å². The van der Waals surface area contributed by atoms with Crippen LogP contribution in [0.2, 0.25) is 5.02 Å². The van der Waals surface area contributed by atoms with Crippen molar-refractivity contribution >= 4 is 17.3 Å². The molecule has 66 valence electrons. The van der Waals surface area contributed by atoms with Gasteiger partial charge in [0, 0.05) is 6.54 Å². The van der Waals surface area contributed by atoms with Gasteiger partial charge in [-0.05, 0) is 0 Å². The van der Waals surface area contributed by atoms with E-state index in [9.17, 15) is 4.79 Å². The van der Waals surface area contributed by atoms with Gasteiger partial charge in [0.25, 0.3) is 5.56 Å². The van der Waals surface area contributed by atoms with Gasteiger partial charge in [-0.3, -0.25) is 4.79 Å². The van der Waals surface area contributed by atoms with Gasteiger partial charge in [0.05, 0.1) is 18.5 Å². The Morgan fingerprint density at radius 2 is 2.50 bits per heavy atom. The molecule has 6 heteroatoms. The van der Waals surface area contributed by atoms with Crippen molar-refractivity contribution in [1.82, 2.24) is 10.2 Å². The Kier molecular flexibility index (Phi) is 3.07. The third kappa shape index (κ3) is 1.96. The van der Waals surface area contributed by atoms with E-state index in [2.05, 4.69) is 15.5 Å². The first kappa shape index (κ1) is 9.02. The molecule has 0 bridgehead atoms. The summed E-state index contributed by atoms with van der Waals surface area (Å²) in [7, 11) is 0. The average molecular weight is 190 g/mol. The quantitative estimate of drug-likeness (QED) is 0.617. The molecule has 1 aromatic heterocycles. The number of hydrogen-bond acceptors (Lipinski definition) is 4. The van der Waals surface area contributed by atoms with Crippen molar-refractivity contribution in [3.8, 4) is 0 Å². The monoisotopic (exact) mass is 189 g/mol. The summed E-state index contributed by atoms with van der Waals surface area (Å²) in [5.41, 5.74) is -0.0194. The van der Waals surface area contributed by atoms with Gasteiger partial charge < -0.3 is 10.4 Å². The lowest BCUT2D eigenvalue weighted by molar-refractivity contribution is 0.311. The van der Waals surface area contributed by atoms with Gasteiger partial charge in [-0.1, -0.05) is 11.6 Å². The van der Waals surface area contributed by atoms with E-state index in [1.807, 2.05) is 0 Å². The average Bonchev–Trinajstić information content (AvgIpc) is 2.08. The fourth-order valence-corrected chi connectivity index (χ4v) is 0.855. The van der Waals surface area contributed by atoms with Crippen LogP contribution in [0.15, 0.2) is 11.0 Å². The largest absolute Gasteiger partial charge is 0.395 e. The molecular formula is C6H8ClN3O2. The van der Waals surface area contributed by atoms with Gasteiger partial charge in [-0.15, -0.1) is 0 Å². The van der Waals surface area contributed by atoms with Crippen LogP contribution in [0.3, 0.4) is 0 Å². The summed E-state index contributed by atoms with van der Waals surface area (Å²) in [5, 5.41) is 17.0. The highest BCUT2D eigenvalue weighted by Gasteiger charge is 2.02. The smallest absolute Gasteiger partial charge is 0.285 e. The molecule has 1 rings (SSSR count). The number of aromatic amines is 1. The Hall–Kier alpha value is -1.07. The van der Waals surface area contributed by atoms with Crippen LogP contribution < -0.4 is 10.9 Å². The van der Waals surface area contributed by atoms with Crippen LogP contribution >= 0.6 is 11.6 Å². The molecule has 0 radical (unpaired) electrons. The second kappa shape index (κ2) is 4.08. The number of nitrogens with zero attached hydrogens (tertiary/aromatic N) is 1. The molecule has 0 amide bonds. The summed E-state index contributed by atoms with van der Waals surface area (Å²) < 4.78 is 0. The Balaban J connectivity index is 2.85. The molecule has 0 aromatic carbocycles. The van der Waals surface area contributed by atoms with Gasteiger partial charge in [0.1, 0.15) is 5.02 Å². The van der Waals surface area contributed by atoms with Crippen LogP contribution in [-0.2, 0) is 0 Å². The van der Waals surface area contributed by atoms with Crippen molar-refractivity contribution in [1.29, 1.82) is 0 Å². The molecule has 0 saturated carbocycles. The summed E-state index contributed by atoms with van der Waals surface area (Å²) in [6.07, 6.45) is 1.39. The van der Waals surface area contributed by atoms with Crippen LogP contribution in [0.5, 0.6) is 0 Å². The number of hydrogen-bond donors (Lipinski definition) is 3. The first-order chi connectivity index (χ1) is 5.75.